The van der Waals surface area contributed by atoms with Crippen LogP contribution in [0.2, 0.25) is 5.02 Å². The van der Waals surface area contributed by atoms with Crippen molar-refractivity contribution in [3.8, 4) is 16.9 Å². The SMILES string of the molecule is O=C(Oc1ccc2c(-c3cc4cc(Cl)ccc4oc3=O)cc(=O)oc2c1)c1cccs1. The van der Waals surface area contributed by atoms with Gasteiger partial charge in [-0.05, 0) is 47.8 Å². The number of benzene rings is 2. The smallest absolute Gasteiger partial charge is 0.353 e. The molecule has 0 saturated heterocycles. The zero-order chi connectivity index (χ0) is 21.5. The van der Waals surface area contributed by atoms with E-state index >= 15 is 0 Å². The van der Waals surface area contributed by atoms with Crippen molar-refractivity contribution in [2.75, 3.05) is 0 Å². The Morgan fingerprint density at radius 2 is 1.77 bits per heavy atom. The van der Waals surface area contributed by atoms with Gasteiger partial charge in [0.15, 0.2) is 0 Å². The molecule has 152 valence electrons. The molecule has 5 aromatic rings. The second-order valence-corrected chi connectivity index (χ2v) is 8.02. The Bertz CT molecular complexity index is 1580. The normalized spacial score (nSPS) is 11.1. The molecule has 0 aliphatic carbocycles. The standard InChI is InChI=1S/C23H11ClO6S/c24-13-3-6-18-12(8-13)9-17(22(26)30-18)16-11-21(25)29-19-10-14(4-5-15(16)19)28-23(27)20-2-1-7-31-20/h1-11H. The number of halogens is 1. The van der Waals surface area contributed by atoms with E-state index in [1.807, 2.05) is 0 Å². The van der Waals surface area contributed by atoms with Crippen LogP contribution in [0.1, 0.15) is 9.67 Å². The topological polar surface area (TPSA) is 86.7 Å². The van der Waals surface area contributed by atoms with E-state index in [1.54, 1.807) is 53.9 Å². The van der Waals surface area contributed by atoms with Crippen molar-refractivity contribution in [2.45, 2.75) is 0 Å². The molecule has 2 aromatic carbocycles. The number of fused-ring (bicyclic) bond motifs is 2. The summed E-state index contributed by atoms with van der Waals surface area (Å²) < 4.78 is 16.0. The molecule has 0 spiro atoms. The van der Waals surface area contributed by atoms with E-state index in [0.717, 1.165) is 0 Å². The van der Waals surface area contributed by atoms with Crippen molar-refractivity contribution in [1.82, 2.24) is 0 Å². The average molecular weight is 451 g/mol. The number of carbonyl (C=O) groups excluding carboxylic acids is 1. The first-order valence-corrected chi connectivity index (χ1v) is 10.3. The highest BCUT2D eigenvalue weighted by Gasteiger charge is 2.16. The molecule has 0 aliphatic rings. The predicted octanol–water partition coefficient (Wildman–Crippen LogP) is 5.50. The minimum absolute atomic E-state index is 0.171. The maximum atomic E-state index is 12.6. The van der Waals surface area contributed by atoms with Crippen molar-refractivity contribution >= 4 is 50.8 Å². The number of thiophene rings is 1. The summed E-state index contributed by atoms with van der Waals surface area (Å²) in [6.45, 7) is 0. The van der Waals surface area contributed by atoms with Crippen molar-refractivity contribution in [3.63, 3.8) is 0 Å². The highest BCUT2D eigenvalue weighted by molar-refractivity contribution is 7.12. The molecular weight excluding hydrogens is 440 g/mol. The van der Waals surface area contributed by atoms with Gasteiger partial charge in [-0.3, -0.25) is 0 Å². The molecule has 8 heteroatoms. The summed E-state index contributed by atoms with van der Waals surface area (Å²) in [7, 11) is 0. The number of hydrogen-bond donors (Lipinski definition) is 0. The zero-order valence-electron chi connectivity index (χ0n) is 15.6. The van der Waals surface area contributed by atoms with Gasteiger partial charge in [0.25, 0.3) is 0 Å². The van der Waals surface area contributed by atoms with Crippen LogP contribution in [0.3, 0.4) is 0 Å². The van der Waals surface area contributed by atoms with Gasteiger partial charge in [0.1, 0.15) is 21.8 Å². The summed E-state index contributed by atoms with van der Waals surface area (Å²) in [5.74, 6) is -0.302. The highest BCUT2D eigenvalue weighted by Crippen LogP contribution is 2.30. The first kappa shape index (κ1) is 19.3. The van der Waals surface area contributed by atoms with Gasteiger partial charge in [-0.25, -0.2) is 14.4 Å². The van der Waals surface area contributed by atoms with Crippen LogP contribution in [0.15, 0.2) is 84.5 Å². The van der Waals surface area contributed by atoms with Crippen LogP contribution in [0.5, 0.6) is 5.75 Å². The van der Waals surface area contributed by atoms with Gasteiger partial charge in [-0.2, -0.15) is 0 Å². The summed E-state index contributed by atoms with van der Waals surface area (Å²) in [5.41, 5.74) is -0.170. The van der Waals surface area contributed by atoms with E-state index in [4.69, 9.17) is 25.2 Å². The molecule has 0 radical (unpaired) electrons. The largest absolute Gasteiger partial charge is 0.423 e. The fourth-order valence-corrected chi connectivity index (χ4v) is 4.04. The van der Waals surface area contributed by atoms with E-state index in [0.29, 0.717) is 31.8 Å². The minimum Gasteiger partial charge on any atom is -0.423 e. The molecule has 3 heterocycles. The second kappa shape index (κ2) is 7.54. The third-order valence-corrected chi connectivity index (χ3v) is 5.72. The van der Waals surface area contributed by atoms with Gasteiger partial charge in [0, 0.05) is 33.5 Å². The lowest BCUT2D eigenvalue weighted by molar-refractivity contribution is 0.0740. The quantitative estimate of drug-likeness (QED) is 0.205. The van der Waals surface area contributed by atoms with E-state index < -0.39 is 17.2 Å². The fraction of sp³-hybridized carbons (Fsp3) is 0. The summed E-state index contributed by atoms with van der Waals surface area (Å²) in [4.78, 5) is 37.5. The summed E-state index contributed by atoms with van der Waals surface area (Å²) in [6, 6.07) is 15.8. The number of rotatable bonds is 3. The molecule has 3 aromatic heterocycles. The first-order chi connectivity index (χ1) is 15.0. The van der Waals surface area contributed by atoms with Crippen LogP contribution in [-0.2, 0) is 0 Å². The van der Waals surface area contributed by atoms with E-state index in [-0.39, 0.29) is 16.9 Å². The number of esters is 1. The third-order valence-electron chi connectivity index (χ3n) is 4.63. The number of carbonyl (C=O) groups is 1. The molecule has 31 heavy (non-hydrogen) atoms. The lowest BCUT2D eigenvalue weighted by Gasteiger charge is -2.08. The van der Waals surface area contributed by atoms with Gasteiger partial charge >= 0.3 is 17.2 Å². The molecule has 0 aliphatic heterocycles. The molecule has 6 nitrogen and oxygen atoms in total. The fourth-order valence-electron chi connectivity index (χ4n) is 3.26. The Labute approximate surface area is 182 Å². The monoisotopic (exact) mass is 450 g/mol. The second-order valence-electron chi connectivity index (χ2n) is 6.63. The summed E-state index contributed by atoms with van der Waals surface area (Å²) in [6.07, 6.45) is 0. The lowest BCUT2D eigenvalue weighted by atomic mass is 10.0. The van der Waals surface area contributed by atoms with E-state index in [1.165, 1.54) is 23.5 Å². The molecule has 0 N–H and O–H groups in total. The molecule has 5 rings (SSSR count). The Balaban J connectivity index is 1.64. The van der Waals surface area contributed by atoms with Crippen LogP contribution in [0.25, 0.3) is 33.1 Å². The molecule has 0 amide bonds. The minimum atomic E-state index is -0.658. The lowest BCUT2D eigenvalue weighted by Crippen LogP contribution is -2.08. The van der Waals surface area contributed by atoms with Crippen LogP contribution in [0, 0.1) is 0 Å². The molecule has 0 unspecified atom stereocenters. The van der Waals surface area contributed by atoms with Gasteiger partial charge in [-0.1, -0.05) is 17.7 Å². The predicted molar refractivity (Wildman–Crippen MR) is 118 cm³/mol. The zero-order valence-corrected chi connectivity index (χ0v) is 17.2. The van der Waals surface area contributed by atoms with Gasteiger partial charge in [0.2, 0.25) is 0 Å². The number of hydrogen-bond acceptors (Lipinski definition) is 7. The van der Waals surface area contributed by atoms with Crippen molar-refractivity contribution in [1.29, 1.82) is 0 Å². The Morgan fingerprint density at radius 3 is 2.58 bits per heavy atom. The first-order valence-electron chi connectivity index (χ1n) is 9.05. The van der Waals surface area contributed by atoms with Crippen molar-refractivity contribution in [3.05, 3.63) is 96.8 Å². The molecule has 0 bridgehead atoms. The Hall–Kier alpha value is -3.68. The average Bonchev–Trinajstić information content (AvgIpc) is 3.28. The molecule has 0 fully saturated rings. The summed E-state index contributed by atoms with van der Waals surface area (Å²) >= 11 is 7.30. The maximum absolute atomic E-state index is 12.6. The van der Waals surface area contributed by atoms with E-state index in [2.05, 4.69) is 0 Å². The molecule has 0 atom stereocenters. The Kier molecular flexibility index (Phi) is 4.69. The highest BCUT2D eigenvalue weighted by atomic mass is 35.5. The Morgan fingerprint density at radius 1 is 0.903 bits per heavy atom. The van der Waals surface area contributed by atoms with Crippen LogP contribution < -0.4 is 16.0 Å². The maximum Gasteiger partial charge on any atom is 0.353 e. The third kappa shape index (κ3) is 3.65. The van der Waals surface area contributed by atoms with Gasteiger partial charge < -0.3 is 13.6 Å². The molecular formula is C23H11ClO6S. The van der Waals surface area contributed by atoms with Crippen LogP contribution in [0.4, 0.5) is 0 Å². The van der Waals surface area contributed by atoms with Crippen LogP contribution >= 0.6 is 22.9 Å². The van der Waals surface area contributed by atoms with Crippen molar-refractivity contribution in [2.24, 2.45) is 0 Å². The van der Waals surface area contributed by atoms with E-state index in [9.17, 15) is 14.4 Å². The molecule has 0 saturated carbocycles. The van der Waals surface area contributed by atoms with Crippen LogP contribution in [-0.4, -0.2) is 5.97 Å². The van der Waals surface area contributed by atoms with Gasteiger partial charge in [0.05, 0.1) is 5.56 Å². The van der Waals surface area contributed by atoms with Crippen molar-refractivity contribution < 1.29 is 18.4 Å². The van der Waals surface area contributed by atoms with Gasteiger partial charge in [-0.15, -0.1) is 11.3 Å². The number of ether oxygens (including phenoxy) is 1. The summed E-state index contributed by atoms with van der Waals surface area (Å²) in [5, 5.41) is 3.36.